The molecule has 2 aromatic rings. The molecular formula is C10H10CoF6P-7. The fourth-order valence-corrected chi connectivity index (χ4v) is 0.642. The van der Waals surface area contributed by atoms with E-state index in [4.69, 9.17) is 0 Å². The molecule has 0 saturated carbocycles. The van der Waals surface area contributed by atoms with Crippen LogP contribution < -0.4 is 0 Å². The summed E-state index contributed by atoms with van der Waals surface area (Å²) in [5.41, 5.74) is 0. The van der Waals surface area contributed by atoms with Gasteiger partial charge in [0.2, 0.25) is 0 Å². The summed E-state index contributed by atoms with van der Waals surface area (Å²) in [6.45, 7) is 0. The molecule has 0 nitrogen and oxygen atoms in total. The fraction of sp³-hybridized carbons (Fsp3) is 0. The van der Waals surface area contributed by atoms with E-state index >= 15 is 0 Å². The van der Waals surface area contributed by atoms with E-state index in [2.05, 4.69) is 0 Å². The number of rotatable bonds is 0. The van der Waals surface area contributed by atoms with Gasteiger partial charge in [-0.3, -0.25) is 0 Å². The van der Waals surface area contributed by atoms with Gasteiger partial charge in [0.1, 0.15) is 0 Å². The first-order valence-corrected chi connectivity index (χ1v) is 6.38. The maximum atomic E-state index is 9.87. The van der Waals surface area contributed by atoms with E-state index in [1.807, 2.05) is 60.7 Å². The molecule has 0 saturated heterocycles. The van der Waals surface area contributed by atoms with Gasteiger partial charge in [0.25, 0.3) is 0 Å². The van der Waals surface area contributed by atoms with Crippen molar-refractivity contribution in [2.24, 2.45) is 0 Å². The van der Waals surface area contributed by atoms with Gasteiger partial charge in [-0.25, -0.2) is 12.1 Å². The van der Waals surface area contributed by atoms with Crippen molar-refractivity contribution in [2.45, 2.75) is 0 Å². The molecular weight excluding hydrogens is 324 g/mol. The fourth-order valence-electron chi connectivity index (χ4n) is 0.642. The zero-order valence-corrected chi connectivity index (χ0v) is 10.8. The van der Waals surface area contributed by atoms with Crippen LogP contribution >= 0.6 is 7.81 Å². The smallest absolute Gasteiger partial charge is 0 e. The second-order valence-corrected chi connectivity index (χ2v) is 4.80. The largest absolute Gasteiger partial charge is 0.748 e. The van der Waals surface area contributed by atoms with Crippen LogP contribution in [0.25, 0.3) is 0 Å². The Morgan fingerprint density at radius 1 is 0.611 bits per heavy atom. The molecule has 0 heterocycles. The second kappa shape index (κ2) is 6.40. The van der Waals surface area contributed by atoms with Crippen molar-refractivity contribution in [3.63, 3.8) is 0 Å². The molecule has 0 aromatic heterocycles. The predicted molar refractivity (Wildman–Crippen MR) is 57.6 cm³/mol. The molecule has 0 unspecified atom stereocenters. The molecule has 1 radical (unpaired) electrons. The van der Waals surface area contributed by atoms with Gasteiger partial charge in [-0.05, 0) is 0 Å². The minimum Gasteiger partial charge on any atom is -0.748 e. The molecule has 0 spiro atoms. The molecule has 0 aliphatic carbocycles. The number of halogens is 6. The molecule has 0 aliphatic rings. The van der Waals surface area contributed by atoms with Crippen LogP contribution in [0.4, 0.5) is 25.2 Å². The minimum absolute atomic E-state index is 0. The summed E-state index contributed by atoms with van der Waals surface area (Å²) < 4.78 is 59.2. The minimum atomic E-state index is -10.7. The molecule has 0 aliphatic heterocycles. The number of hydrogen-bond acceptors (Lipinski definition) is 0. The Morgan fingerprint density at radius 3 is 0.944 bits per heavy atom. The van der Waals surface area contributed by atoms with E-state index < -0.39 is 7.81 Å². The Balaban J connectivity index is 0. The molecule has 113 valence electrons. The van der Waals surface area contributed by atoms with Gasteiger partial charge in [0, 0.05) is 16.8 Å². The van der Waals surface area contributed by atoms with Crippen LogP contribution in [0.15, 0.2) is 60.7 Å². The third-order valence-corrected chi connectivity index (χ3v) is 1.11. The van der Waals surface area contributed by atoms with Gasteiger partial charge in [0.15, 0.2) is 0 Å². The van der Waals surface area contributed by atoms with Gasteiger partial charge < -0.3 is 30.3 Å². The maximum Gasteiger partial charge on any atom is 0 e. The van der Waals surface area contributed by atoms with Gasteiger partial charge >= 0.3 is 33.0 Å². The summed E-state index contributed by atoms with van der Waals surface area (Å²) in [4.78, 5) is 0. The predicted octanol–water partition coefficient (Wildman–Crippen LogP) is 6.19. The van der Waals surface area contributed by atoms with Gasteiger partial charge in [-0.1, -0.05) is 0 Å². The summed E-state index contributed by atoms with van der Waals surface area (Å²) in [7, 11) is -10.7. The van der Waals surface area contributed by atoms with Crippen LogP contribution in [0.3, 0.4) is 0 Å². The van der Waals surface area contributed by atoms with Crippen LogP contribution in [-0.4, -0.2) is 0 Å². The molecule has 2 rings (SSSR count). The average molecular weight is 334 g/mol. The zero-order chi connectivity index (χ0) is 13.5. The van der Waals surface area contributed by atoms with E-state index in [-0.39, 0.29) is 16.8 Å². The Labute approximate surface area is 111 Å². The van der Waals surface area contributed by atoms with Crippen molar-refractivity contribution < 1.29 is 42.0 Å². The molecule has 0 fully saturated rings. The standard InChI is InChI=1S/2C5H5.Co.F6P/c2*1-2-4-5-3-1;;1-7(2,3,4,5)6/h2*1-5H;;/q-5;-1;;-1. The second-order valence-electron chi connectivity index (χ2n) is 2.88. The summed E-state index contributed by atoms with van der Waals surface area (Å²) >= 11 is 0. The molecule has 0 bridgehead atoms. The first-order valence-electron chi connectivity index (χ1n) is 4.35. The van der Waals surface area contributed by atoms with Crippen LogP contribution in [0.2, 0.25) is 0 Å². The van der Waals surface area contributed by atoms with E-state index in [1.165, 1.54) is 0 Å². The average Bonchev–Trinajstić information content (AvgIpc) is 2.78. The molecule has 2 aromatic carbocycles. The molecule has 8 heteroatoms. The third kappa shape index (κ3) is 36.2. The Kier molecular flexibility index (Phi) is 6.96. The summed E-state index contributed by atoms with van der Waals surface area (Å²) in [6, 6.07) is 20.0. The van der Waals surface area contributed by atoms with E-state index in [0.29, 0.717) is 0 Å². The normalized spacial score (nSPS) is 13.4. The SMILES string of the molecule is F[P-](F)(F)(F)(F)F.[Co].[cH-]1[cH-][cH-][cH-][cH-]1.c1cc[cH-]c1. The maximum absolute atomic E-state index is 10.7. The number of hydrogen-bond donors (Lipinski definition) is 0. The van der Waals surface area contributed by atoms with E-state index in [0.717, 1.165) is 0 Å². The Bertz CT molecular complexity index is 302. The van der Waals surface area contributed by atoms with Crippen LogP contribution in [-0.2, 0) is 16.8 Å². The zero-order valence-electron chi connectivity index (χ0n) is 8.82. The van der Waals surface area contributed by atoms with E-state index in [9.17, 15) is 25.2 Å². The van der Waals surface area contributed by atoms with Crippen molar-refractivity contribution in [3.8, 4) is 0 Å². The van der Waals surface area contributed by atoms with Crippen LogP contribution in [0.5, 0.6) is 0 Å². The van der Waals surface area contributed by atoms with Gasteiger partial charge in [0.05, 0.1) is 0 Å². The Morgan fingerprint density at radius 2 is 0.833 bits per heavy atom. The van der Waals surface area contributed by atoms with Crippen molar-refractivity contribution >= 4 is 7.81 Å². The van der Waals surface area contributed by atoms with Crippen molar-refractivity contribution in [2.75, 3.05) is 0 Å². The van der Waals surface area contributed by atoms with Crippen LogP contribution in [0, 0.1) is 0 Å². The quantitative estimate of drug-likeness (QED) is 0.306. The first-order chi connectivity index (χ1) is 7.45. The van der Waals surface area contributed by atoms with Crippen molar-refractivity contribution in [1.29, 1.82) is 0 Å². The van der Waals surface area contributed by atoms with Crippen LogP contribution in [0.1, 0.15) is 0 Å². The molecule has 0 atom stereocenters. The first kappa shape index (κ1) is 19.6. The van der Waals surface area contributed by atoms with Gasteiger partial charge in [-0.2, -0.15) is 18.2 Å². The third-order valence-electron chi connectivity index (χ3n) is 1.11. The van der Waals surface area contributed by atoms with Crippen molar-refractivity contribution in [1.82, 2.24) is 0 Å². The Hall–Kier alpha value is -0.784. The summed E-state index contributed by atoms with van der Waals surface area (Å²) in [6.07, 6.45) is 0. The topological polar surface area (TPSA) is 0 Å². The van der Waals surface area contributed by atoms with Crippen molar-refractivity contribution in [3.05, 3.63) is 60.7 Å². The molecule has 0 N–H and O–H groups in total. The molecule has 0 amide bonds. The summed E-state index contributed by atoms with van der Waals surface area (Å²) in [5, 5.41) is 0. The van der Waals surface area contributed by atoms with E-state index in [1.54, 1.807) is 0 Å². The monoisotopic (exact) mass is 334 g/mol. The van der Waals surface area contributed by atoms with Gasteiger partial charge in [-0.15, -0.1) is 0 Å². The molecule has 18 heavy (non-hydrogen) atoms. The summed E-state index contributed by atoms with van der Waals surface area (Å²) in [5.74, 6) is 0.